The van der Waals surface area contributed by atoms with E-state index in [1.165, 1.54) is 5.56 Å². The van der Waals surface area contributed by atoms with Crippen LogP contribution in [0.1, 0.15) is 27.0 Å². The highest BCUT2D eigenvalue weighted by atomic mass is 35.5. The summed E-state index contributed by atoms with van der Waals surface area (Å²) in [5.41, 5.74) is 3.94. The predicted octanol–water partition coefficient (Wildman–Crippen LogP) is 3.84. The minimum atomic E-state index is -0.283. The normalized spacial score (nSPS) is 10.2. The van der Waals surface area contributed by atoms with Crippen molar-refractivity contribution in [2.75, 3.05) is 14.1 Å². The lowest BCUT2D eigenvalue weighted by molar-refractivity contribution is 0.0471. The van der Waals surface area contributed by atoms with E-state index in [-0.39, 0.29) is 18.4 Å². The third kappa shape index (κ3) is 5.17. The summed E-state index contributed by atoms with van der Waals surface area (Å²) in [6.07, 6.45) is 0. The van der Waals surface area contributed by atoms with Gasteiger partial charge in [-0.2, -0.15) is 0 Å². The zero-order valence-electron chi connectivity index (χ0n) is 13.2. The van der Waals surface area contributed by atoms with Crippen LogP contribution in [-0.4, -0.2) is 25.0 Å². The fourth-order valence-electron chi connectivity index (χ4n) is 2.11. The summed E-state index contributed by atoms with van der Waals surface area (Å²) in [5, 5.41) is 0. The number of esters is 1. The zero-order chi connectivity index (χ0) is 15.2. The Kier molecular flexibility index (Phi) is 7.09. The molecule has 22 heavy (non-hydrogen) atoms. The van der Waals surface area contributed by atoms with Crippen LogP contribution in [0.4, 0.5) is 0 Å². The second kappa shape index (κ2) is 8.57. The Morgan fingerprint density at radius 2 is 1.59 bits per heavy atom. The van der Waals surface area contributed by atoms with Gasteiger partial charge in [-0.15, -0.1) is 12.4 Å². The first kappa shape index (κ1) is 18.2. The molecule has 4 heteroatoms. The quantitative estimate of drug-likeness (QED) is 0.784. The Bertz CT molecular complexity index is 609. The minimum absolute atomic E-state index is 0. The average Bonchev–Trinajstić information content (AvgIpc) is 2.46. The predicted molar refractivity (Wildman–Crippen MR) is 91.4 cm³/mol. The summed E-state index contributed by atoms with van der Waals surface area (Å²) in [7, 11) is 4.05. The molecule has 0 aromatic heterocycles. The molecule has 0 amide bonds. The first-order valence-corrected chi connectivity index (χ1v) is 7.01. The van der Waals surface area contributed by atoms with Crippen LogP contribution in [0.3, 0.4) is 0 Å². The minimum Gasteiger partial charge on any atom is -0.457 e. The van der Waals surface area contributed by atoms with E-state index in [4.69, 9.17) is 4.74 Å². The number of carbonyl (C=O) groups is 1. The lowest BCUT2D eigenvalue weighted by Gasteiger charge is -2.14. The lowest BCUT2D eigenvalue weighted by Crippen LogP contribution is -2.13. The van der Waals surface area contributed by atoms with Crippen LogP contribution in [-0.2, 0) is 17.9 Å². The molecule has 0 spiro atoms. The first-order valence-electron chi connectivity index (χ1n) is 7.01. The van der Waals surface area contributed by atoms with Crippen LogP contribution < -0.4 is 0 Å². The maximum atomic E-state index is 12.0. The number of rotatable bonds is 5. The van der Waals surface area contributed by atoms with Gasteiger partial charge < -0.3 is 9.64 Å². The van der Waals surface area contributed by atoms with Crippen molar-refractivity contribution >= 4 is 18.4 Å². The van der Waals surface area contributed by atoms with E-state index in [0.717, 1.165) is 17.7 Å². The van der Waals surface area contributed by atoms with Gasteiger partial charge in [0.05, 0.1) is 5.56 Å². The molecule has 0 radical (unpaired) electrons. The Balaban J connectivity index is 0.00000242. The largest absolute Gasteiger partial charge is 0.457 e. The van der Waals surface area contributed by atoms with Crippen LogP contribution in [0.25, 0.3) is 0 Å². The van der Waals surface area contributed by atoms with Gasteiger partial charge >= 0.3 is 5.97 Å². The summed E-state index contributed by atoms with van der Waals surface area (Å²) in [6.45, 7) is 3.13. The number of ether oxygens (including phenoxy) is 1. The van der Waals surface area contributed by atoms with E-state index in [1.807, 2.05) is 51.4 Å². The van der Waals surface area contributed by atoms with Crippen LogP contribution in [0.2, 0.25) is 0 Å². The molecule has 0 saturated heterocycles. The van der Waals surface area contributed by atoms with Crippen molar-refractivity contribution in [3.63, 3.8) is 0 Å². The molecule has 0 unspecified atom stereocenters. The third-order valence-electron chi connectivity index (χ3n) is 3.25. The monoisotopic (exact) mass is 319 g/mol. The highest BCUT2D eigenvalue weighted by Crippen LogP contribution is 2.13. The highest BCUT2D eigenvalue weighted by molar-refractivity contribution is 5.89. The fraction of sp³-hybridized carbons (Fsp3) is 0.278. The summed E-state index contributed by atoms with van der Waals surface area (Å²) in [5.74, 6) is -0.283. The second-order valence-corrected chi connectivity index (χ2v) is 5.45. The van der Waals surface area contributed by atoms with Crippen LogP contribution >= 0.6 is 12.4 Å². The standard InChI is InChI=1S/C18H21NO2.ClH/c1-14-8-10-15(11-9-14)18(20)21-13-17-7-5-4-6-16(17)12-19(2)3;/h4-11H,12-13H2,1-3H3;1H. The van der Waals surface area contributed by atoms with Crippen molar-refractivity contribution in [3.8, 4) is 0 Å². The number of nitrogens with zero attached hydrogens (tertiary/aromatic N) is 1. The van der Waals surface area contributed by atoms with Gasteiger partial charge in [0, 0.05) is 6.54 Å². The fourth-order valence-corrected chi connectivity index (χ4v) is 2.11. The van der Waals surface area contributed by atoms with Crippen molar-refractivity contribution in [3.05, 3.63) is 70.8 Å². The number of halogens is 1. The van der Waals surface area contributed by atoms with Gasteiger partial charge in [-0.25, -0.2) is 4.79 Å². The molecule has 0 bridgehead atoms. The molecule has 118 valence electrons. The molecule has 0 atom stereocenters. The van der Waals surface area contributed by atoms with E-state index >= 15 is 0 Å². The molecule has 2 rings (SSSR count). The molecule has 0 aliphatic heterocycles. The van der Waals surface area contributed by atoms with Crippen LogP contribution in [0.15, 0.2) is 48.5 Å². The third-order valence-corrected chi connectivity index (χ3v) is 3.25. The molecule has 0 aliphatic carbocycles. The van der Waals surface area contributed by atoms with Crippen molar-refractivity contribution in [2.24, 2.45) is 0 Å². The van der Waals surface area contributed by atoms with Gasteiger partial charge in [-0.05, 0) is 44.3 Å². The number of carbonyl (C=O) groups excluding carboxylic acids is 1. The van der Waals surface area contributed by atoms with Crippen molar-refractivity contribution in [1.29, 1.82) is 0 Å². The summed E-state index contributed by atoms with van der Waals surface area (Å²) in [4.78, 5) is 14.1. The maximum Gasteiger partial charge on any atom is 0.338 e. The Hall–Kier alpha value is -1.84. The first-order chi connectivity index (χ1) is 10.1. The van der Waals surface area contributed by atoms with E-state index < -0.39 is 0 Å². The SMILES string of the molecule is Cc1ccc(C(=O)OCc2ccccc2CN(C)C)cc1.Cl. The van der Waals surface area contributed by atoms with Crippen molar-refractivity contribution < 1.29 is 9.53 Å². The molecular formula is C18H22ClNO2. The Morgan fingerprint density at radius 1 is 1.00 bits per heavy atom. The molecule has 0 saturated carbocycles. The maximum absolute atomic E-state index is 12.0. The van der Waals surface area contributed by atoms with Crippen molar-refractivity contribution in [2.45, 2.75) is 20.1 Å². The van der Waals surface area contributed by atoms with Gasteiger partial charge in [0.25, 0.3) is 0 Å². The summed E-state index contributed by atoms with van der Waals surface area (Å²) < 4.78 is 5.42. The number of aryl methyl sites for hydroxylation is 1. The van der Waals surface area contributed by atoms with E-state index in [2.05, 4.69) is 11.0 Å². The van der Waals surface area contributed by atoms with Gasteiger partial charge in [-0.1, -0.05) is 42.0 Å². The lowest BCUT2D eigenvalue weighted by atomic mass is 10.1. The number of hydrogen-bond donors (Lipinski definition) is 0. The number of benzene rings is 2. The Morgan fingerprint density at radius 3 is 2.18 bits per heavy atom. The summed E-state index contributed by atoms with van der Waals surface area (Å²) >= 11 is 0. The second-order valence-electron chi connectivity index (χ2n) is 5.45. The molecule has 2 aromatic carbocycles. The van der Waals surface area contributed by atoms with Gasteiger partial charge in [0.15, 0.2) is 0 Å². The molecular weight excluding hydrogens is 298 g/mol. The zero-order valence-corrected chi connectivity index (χ0v) is 14.0. The summed E-state index contributed by atoms with van der Waals surface area (Å²) in [6, 6.07) is 15.5. The highest BCUT2D eigenvalue weighted by Gasteiger charge is 2.09. The molecule has 0 heterocycles. The average molecular weight is 320 g/mol. The van der Waals surface area contributed by atoms with E-state index in [0.29, 0.717) is 12.2 Å². The van der Waals surface area contributed by atoms with Gasteiger partial charge in [-0.3, -0.25) is 0 Å². The topological polar surface area (TPSA) is 29.5 Å². The van der Waals surface area contributed by atoms with Gasteiger partial charge in [0.1, 0.15) is 6.61 Å². The van der Waals surface area contributed by atoms with E-state index in [1.54, 1.807) is 12.1 Å². The molecule has 2 aromatic rings. The molecule has 0 fully saturated rings. The number of hydrogen-bond acceptors (Lipinski definition) is 3. The molecule has 3 nitrogen and oxygen atoms in total. The van der Waals surface area contributed by atoms with E-state index in [9.17, 15) is 4.79 Å². The van der Waals surface area contributed by atoms with Crippen LogP contribution in [0, 0.1) is 6.92 Å². The smallest absolute Gasteiger partial charge is 0.338 e. The molecule has 0 N–H and O–H groups in total. The van der Waals surface area contributed by atoms with Gasteiger partial charge in [0.2, 0.25) is 0 Å². The molecule has 0 aliphatic rings. The van der Waals surface area contributed by atoms with Crippen molar-refractivity contribution in [1.82, 2.24) is 4.90 Å². The van der Waals surface area contributed by atoms with Crippen LogP contribution in [0.5, 0.6) is 0 Å². The Labute approximate surface area is 138 Å².